The normalized spacial score (nSPS) is 18.9. The predicted octanol–water partition coefficient (Wildman–Crippen LogP) is 2.79. The SMILES string of the molecule is CCC(=O)/C=C/CN(C)C1CCCCC1. The van der Waals surface area contributed by atoms with E-state index in [1.54, 1.807) is 6.08 Å². The zero-order valence-electron chi connectivity index (χ0n) is 10.0. The van der Waals surface area contributed by atoms with Crippen molar-refractivity contribution in [2.45, 2.75) is 51.5 Å². The van der Waals surface area contributed by atoms with Gasteiger partial charge in [-0.3, -0.25) is 9.69 Å². The molecule has 2 nitrogen and oxygen atoms in total. The van der Waals surface area contributed by atoms with Gasteiger partial charge in [-0.2, -0.15) is 0 Å². The van der Waals surface area contributed by atoms with Crippen molar-refractivity contribution in [1.29, 1.82) is 0 Å². The lowest BCUT2D eigenvalue weighted by atomic mass is 9.94. The molecule has 0 bridgehead atoms. The van der Waals surface area contributed by atoms with Crippen LogP contribution in [0, 0.1) is 0 Å². The topological polar surface area (TPSA) is 20.3 Å². The number of hydrogen-bond donors (Lipinski definition) is 0. The van der Waals surface area contributed by atoms with Gasteiger partial charge in [0, 0.05) is 19.0 Å². The van der Waals surface area contributed by atoms with Crippen LogP contribution < -0.4 is 0 Å². The zero-order chi connectivity index (χ0) is 11.1. The first-order valence-corrected chi connectivity index (χ1v) is 6.13. The van der Waals surface area contributed by atoms with Gasteiger partial charge in [0.05, 0.1) is 0 Å². The predicted molar refractivity (Wildman–Crippen MR) is 63.9 cm³/mol. The van der Waals surface area contributed by atoms with Crippen LogP contribution in [0.4, 0.5) is 0 Å². The van der Waals surface area contributed by atoms with Crippen molar-refractivity contribution in [2.75, 3.05) is 13.6 Å². The highest BCUT2D eigenvalue weighted by Crippen LogP contribution is 2.21. The van der Waals surface area contributed by atoms with E-state index in [1.807, 2.05) is 13.0 Å². The first kappa shape index (κ1) is 12.4. The van der Waals surface area contributed by atoms with Crippen molar-refractivity contribution in [1.82, 2.24) is 4.90 Å². The monoisotopic (exact) mass is 209 g/mol. The molecule has 0 N–H and O–H groups in total. The lowest BCUT2D eigenvalue weighted by Gasteiger charge is -2.30. The third-order valence-electron chi connectivity index (χ3n) is 3.24. The lowest BCUT2D eigenvalue weighted by molar-refractivity contribution is -0.114. The molecule has 0 aliphatic heterocycles. The van der Waals surface area contributed by atoms with E-state index in [-0.39, 0.29) is 5.78 Å². The summed E-state index contributed by atoms with van der Waals surface area (Å²) in [4.78, 5) is 13.4. The van der Waals surface area contributed by atoms with Crippen molar-refractivity contribution in [3.63, 3.8) is 0 Å². The third-order valence-corrected chi connectivity index (χ3v) is 3.24. The molecule has 0 saturated heterocycles. The Labute approximate surface area is 93.3 Å². The number of hydrogen-bond acceptors (Lipinski definition) is 2. The minimum atomic E-state index is 0.229. The van der Waals surface area contributed by atoms with Crippen LogP contribution in [-0.2, 0) is 4.79 Å². The fraction of sp³-hybridized carbons (Fsp3) is 0.769. The highest BCUT2D eigenvalue weighted by Gasteiger charge is 2.16. The summed E-state index contributed by atoms with van der Waals surface area (Å²) in [5, 5.41) is 0. The molecule has 2 heteroatoms. The zero-order valence-corrected chi connectivity index (χ0v) is 10.0. The Hall–Kier alpha value is -0.630. The molecule has 1 saturated carbocycles. The smallest absolute Gasteiger partial charge is 0.155 e. The number of allylic oxidation sites excluding steroid dienone is 1. The van der Waals surface area contributed by atoms with E-state index in [4.69, 9.17) is 0 Å². The largest absolute Gasteiger partial charge is 0.300 e. The van der Waals surface area contributed by atoms with Crippen LogP contribution in [0.5, 0.6) is 0 Å². The molecular formula is C13H23NO. The molecule has 15 heavy (non-hydrogen) atoms. The fourth-order valence-corrected chi connectivity index (χ4v) is 2.14. The second kappa shape index (κ2) is 6.78. The van der Waals surface area contributed by atoms with E-state index in [0.717, 1.165) is 12.6 Å². The summed E-state index contributed by atoms with van der Waals surface area (Å²) in [7, 11) is 2.16. The Balaban J connectivity index is 2.25. The van der Waals surface area contributed by atoms with Crippen LogP contribution >= 0.6 is 0 Å². The van der Waals surface area contributed by atoms with E-state index in [2.05, 4.69) is 11.9 Å². The maximum absolute atomic E-state index is 11.1. The number of rotatable bonds is 5. The third kappa shape index (κ3) is 4.61. The second-order valence-corrected chi connectivity index (χ2v) is 4.45. The maximum Gasteiger partial charge on any atom is 0.155 e. The highest BCUT2D eigenvalue weighted by atomic mass is 16.1. The molecule has 0 amide bonds. The van der Waals surface area contributed by atoms with Crippen LogP contribution in [0.15, 0.2) is 12.2 Å². The van der Waals surface area contributed by atoms with Crippen LogP contribution in [0.1, 0.15) is 45.4 Å². The molecule has 0 aromatic heterocycles. The van der Waals surface area contributed by atoms with Gasteiger partial charge in [0.2, 0.25) is 0 Å². The molecule has 0 unspecified atom stereocenters. The van der Waals surface area contributed by atoms with E-state index in [0.29, 0.717) is 6.42 Å². The standard InChI is InChI=1S/C13H23NO/c1-3-13(15)10-7-11-14(2)12-8-5-4-6-9-12/h7,10,12H,3-6,8-9,11H2,1-2H3/b10-7+. The fourth-order valence-electron chi connectivity index (χ4n) is 2.14. The van der Waals surface area contributed by atoms with Crippen molar-refractivity contribution in [2.24, 2.45) is 0 Å². The summed E-state index contributed by atoms with van der Waals surface area (Å²) < 4.78 is 0. The molecule has 1 fully saturated rings. The Kier molecular flexibility index (Phi) is 5.62. The molecular weight excluding hydrogens is 186 g/mol. The van der Waals surface area contributed by atoms with Crippen molar-refractivity contribution in [3.8, 4) is 0 Å². The molecule has 1 aliphatic rings. The molecule has 0 spiro atoms. The quantitative estimate of drug-likeness (QED) is 0.649. The first-order valence-electron chi connectivity index (χ1n) is 6.13. The molecule has 86 valence electrons. The molecule has 0 atom stereocenters. The molecule has 0 aromatic rings. The van der Waals surface area contributed by atoms with Gasteiger partial charge in [-0.15, -0.1) is 0 Å². The number of likely N-dealkylation sites (N-methyl/N-ethyl adjacent to an activating group) is 1. The summed E-state index contributed by atoms with van der Waals surface area (Å²) in [6.07, 6.45) is 11.1. The summed E-state index contributed by atoms with van der Waals surface area (Å²) >= 11 is 0. The van der Waals surface area contributed by atoms with Crippen LogP contribution in [0.25, 0.3) is 0 Å². The Morgan fingerprint density at radius 2 is 2.00 bits per heavy atom. The van der Waals surface area contributed by atoms with Gasteiger partial charge in [-0.05, 0) is 26.0 Å². The van der Waals surface area contributed by atoms with Gasteiger partial charge < -0.3 is 0 Å². The molecule has 0 radical (unpaired) electrons. The van der Waals surface area contributed by atoms with Gasteiger partial charge in [0.1, 0.15) is 0 Å². The van der Waals surface area contributed by atoms with Gasteiger partial charge in [-0.1, -0.05) is 32.3 Å². The Bertz CT molecular complexity index is 217. The summed E-state index contributed by atoms with van der Waals surface area (Å²) in [6, 6.07) is 0.736. The van der Waals surface area contributed by atoms with Crippen LogP contribution in [0.2, 0.25) is 0 Å². The average Bonchev–Trinajstić information content (AvgIpc) is 2.29. The molecule has 0 aromatic carbocycles. The minimum Gasteiger partial charge on any atom is -0.300 e. The van der Waals surface area contributed by atoms with Gasteiger partial charge >= 0.3 is 0 Å². The molecule has 0 heterocycles. The number of nitrogens with zero attached hydrogens (tertiary/aromatic N) is 1. The second-order valence-electron chi connectivity index (χ2n) is 4.45. The summed E-state index contributed by atoms with van der Waals surface area (Å²) in [5.41, 5.74) is 0. The number of ketones is 1. The summed E-state index contributed by atoms with van der Waals surface area (Å²) in [5.74, 6) is 0.229. The lowest BCUT2D eigenvalue weighted by Crippen LogP contribution is -2.33. The number of carbonyl (C=O) groups excluding carboxylic acids is 1. The van der Waals surface area contributed by atoms with Crippen LogP contribution in [0.3, 0.4) is 0 Å². The average molecular weight is 209 g/mol. The summed E-state index contributed by atoms with van der Waals surface area (Å²) in [6.45, 7) is 2.81. The Morgan fingerprint density at radius 3 is 2.60 bits per heavy atom. The van der Waals surface area contributed by atoms with Gasteiger partial charge in [0.25, 0.3) is 0 Å². The molecule has 1 aliphatic carbocycles. The molecule has 1 rings (SSSR count). The van der Waals surface area contributed by atoms with E-state index in [9.17, 15) is 4.79 Å². The Morgan fingerprint density at radius 1 is 1.33 bits per heavy atom. The van der Waals surface area contributed by atoms with Gasteiger partial charge in [0.15, 0.2) is 5.78 Å². The number of carbonyl (C=O) groups is 1. The first-order chi connectivity index (χ1) is 7.24. The van der Waals surface area contributed by atoms with Crippen molar-refractivity contribution in [3.05, 3.63) is 12.2 Å². The highest BCUT2D eigenvalue weighted by molar-refractivity contribution is 5.89. The maximum atomic E-state index is 11.1. The van der Waals surface area contributed by atoms with E-state index in [1.165, 1.54) is 32.1 Å². The van der Waals surface area contributed by atoms with Crippen molar-refractivity contribution >= 4 is 5.78 Å². The van der Waals surface area contributed by atoms with E-state index < -0.39 is 0 Å². The van der Waals surface area contributed by atoms with E-state index >= 15 is 0 Å². The van der Waals surface area contributed by atoms with Crippen molar-refractivity contribution < 1.29 is 4.79 Å². The van der Waals surface area contributed by atoms with Gasteiger partial charge in [-0.25, -0.2) is 0 Å². The van der Waals surface area contributed by atoms with Crippen LogP contribution in [-0.4, -0.2) is 30.3 Å². The minimum absolute atomic E-state index is 0.229.